The van der Waals surface area contributed by atoms with E-state index in [4.69, 9.17) is 56.6 Å². The van der Waals surface area contributed by atoms with Crippen molar-refractivity contribution in [1.82, 2.24) is 9.35 Å². The second-order valence-electron chi connectivity index (χ2n) is 8.70. The van der Waals surface area contributed by atoms with Crippen molar-refractivity contribution >= 4 is 74.3 Å². The van der Waals surface area contributed by atoms with Gasteiger partial charge in [0.15, 0.2) is 16.5 Å². The maximum Gasteiger partial charge on any atom is 0.169 e. The Bertz CT molecular complexity index is 812. The molecular weight excluding hydrogens is 470 g/mol. The summed E-state index contributed by atoms with van der Waals surface area (Å²) in [7, 11) is 0.658. The van der Waals surface area contributed by atoms with Crippen molar-refractivity contribution in [2.45, 2.75) is 39.3 Å². The van der Waals surface area contributed by atoms with Gasteiger partial charge in [0.25, 0.3) is 0 Å². The Morgan fingerprint density at radius 1 is 0.607 bits per heavy atom. The van der Waals surface area contributed by atoms with Gasteiger partial charge < -0.3 is 9.35 Å². The summed E-state index contributed by atoms with van der Waals surface area (Å²) in [5.74, 6) is 0. The number of fused-ring (bicyclic) bond motifs is 1. The molecule has 10 heteroatoms. The molecule has 0 unspecified atom stereocenters. The molecule has 4 nitrogen and oxygen atoms in total. The summed E-state index contributed by atoms with van der Waals surface area (Å²) in [6, 6.07) is 0. The van der Waals surface area contributed by atoms with Crippen LogP contribution in [0.4, 0.5) is 0 Å². The molecule has 0 amide bonds. The Morgan fingerprint density at radius 3 is 1.14 bits per heavy atom. The van der Waals surface area contributed by atoms with E-state index in [0.717, 1.165) is 0 Å². The average Bonchev–Trinajstić information content (AvgIpc) is 2.57. The Balaban J connectivity index is 2.79. The van der Waals surface area contributed by atoms with Crippen LogP contribution in [0.3, 0.4) is 0 Å². The molecule has 0 aromatic heterocycles. The Labute approximate surface area is 190 Å². The molecule has 1 aromatic rings. The molecule has 0 aliphatic heterocycles. The van der Waals surface area contributed by atoms with E-state index < -0.39 is 16.5 Å². The van der Waals surface area contributed by atoms with Gasteiger partial charge >= 0.3 is 0 Å². The van der Waals surface area contributed by atoms with Gasteiger partial charge in [-0.1, -0.05) is 85.7 Å². The van der Waals surface area contributed by atoms with E-state index in [1.165, 1.54) is 0 Å². The number of rotatable bonds is 4. The summed E-state index contributed by atoms with van der Waals surface area (Å²) < 4.78 is 4.03. The van der Waals surface area contributed by atoms with Gasteiger partial charge in [-0.15, -0.1) is 0 Å². The standard InChI is InChI=1S/C18H26Cl4N4Si2/c1-25(27(3,4)5)23-11-9-10-12(24-26(2)28(6,7)8)14-13(11)15(19)17(21)18(22)16(14)20/h9-10H,1-8H3. The minimum Gasteiger partial charge on any atom is -0.327 e. The quantitative estimate of drug-likeness (QED) is 0.199. The van der Waals surface area contributed by atoms with Crippen molar-refractivity contribution in [2.75, 3.05) is 14.1 Å². The first-order valence-electron chi connectivity index (χ1n) is 8.86. The molecule has 0 atom stereocenters. The van der Waals surface area contributed by atoms with Gasteiger partial charge in [-0.2, -0.15) is 10.2 Å². The Hall–Kier alpha value is -0.506. The van der Waals surface area contributed by atoms with Crippen LogP contribution in [0.5, 0.6) is 0 Å². The fraction of sp³-hybridized carbons (Fsp3) is 0.444. The lowest BCUT2D eigenvalue weighted by Crippen LogP contribution is -2.40. The van der Waals surface area contributed by atoms with Crippen LogP contribution in [-0.4, -0.2) is 51.3 Å². The normalized spacial score (nSPS) is 17.3. The molecule has 154 valence electrons. The van der Waals surface area contributed by atoms with Crippen LogP contribution in [0, 0.1) is 0 Å². The summed E-state index contributed by atoms with van der Waals surface area (Å²) in [5, 5.41) is 10.7. The van der Waals surface area contributed by atoms with Crippen LogP contribution < -0.4 is 0 Å². The largest absolute Gasteiger partial charge is 0.327 e. The molecule has 0 bridgehead atoms. The van der Waals surface area contributed by atoms with Crippen molar-refractivity contribution in [3.8, 4) is 0 Å². The van der Waals surface area contributed by atoms with Crippen LogP contribution in [0.2, 0.25) is 59.4 Å². The van der Waals surface area contributed by atoms with Gasteiger partial charge in [-0.3, -0.25) is 0 Å². The zero-order valence-corrected chi connectivity index (χ0v) is 22.5. The molecule has 0 radical (unpaired) electrons. The third kappa shape index (κ3) is 4.79. The highest BCUT2D eigenvalue weighted by Crippen LogP contribution is 2.43. The van der Waals surface area contributed by atoms with Gasteiger partial charge in [-0.05, 0) is 12.2 Å². The molecule has 1 aliphatic carbocycles. The molecule has 1 aromatic carbocycles. The zero-order chi connectivity index (χ0) is 21.6. The Kier molecular flexibility index (Phi) is 7.06. The van der Waals surface area contributed by atoms with Gasteiger partial charge in [0.2, 0.25) is 0 Å². The molecular formula is C18H26Cl4N4Si2. The molecule has 2 rings (SSSR count). The van der Waals surface area contributed by atoms with Gasteiger partial charge in [0.1, 0.15) is 0 Å². The maximum absolute atomic E-state index is 6.62. The van der Waals surface area contributed by atoms with Gasteiger partial charge in [0.05, 0.1) is 31.5 Å². The highest BCUT2D eigenvalue weighted by Gasteiger charge is 2.30. The molecule has 1 aliphatic rings. The highest BCUT2D eigenvalue weighted by molar-refractivity contribution is 6.73. The minimum absolute atomic E-state index is 0.226. The molecule has 0 spiro atoms. The van der Waals surface area contributed by atoms with Crippen molar-refractivity contribution in [3.05, 3.63) is 43.4 Å². The first-order valence-corrected chi connectivity index (χ1v) is 17.3. The average molecular weight is 496 g/mol. The number of hydrogen-bond acceptors (Lipinski definition) is 4. The van der Waals surface area contributed by atoms with E-state index in [-0.39, 0.29) is 10.0 Å². The van der Waals surface area contributed by atoms with E-state index in [2.05, 4.69) is 39.3 Å². The highest BCUT2D eigenvalue weighted by atomic mass is 35.5. The zero-order valence-electron chi connectivity index (χ0n) is 17.5. The van der Waals surface area contributed by atoms with Crippen LogP contribution in [-0.2, 0) is 0 Å². The number of hydrazone groups is 2. The third-order valence-corrected chi connectivity index (χ3v) is 10.5. The smallest absolute Gasteiger partial charge is 0.169 e. The van der Waals surface area contributed by atoms with Crippen LogP contribution in [0.15, 0.2) is 22.4 Å². The maximum atomic E-state index is 6.62. The summed E-state index contributed by atoms with van der Waals surface area (Å²) in [4.78, 5) is 0. The van der Waals surface area contributed by atoms with E-state index in [0.29, 0.717) is 32.6 Å². The van der Waals surface area contributed by atoms with E-state index in [9.17, 15) is 0 Å². The molecule has 0 saturated heterocycles. The van der Waals surface area contributed by atoms with Gasteiger partial charge in [-0.25, -0.2) is 0 Å². The number of nitrogens with zero attached hydrogens (tertiary/aromatic N) is 4. The first kappa shape index (κ1) is 23.8. The lowest BCUT2D eigenvalue weighted by atomic mass is 9.93. The molecule has 0 saturated carbocycles. The number of benzene rings is 1. The lowest BCUT2D eigenvalue weighted by Gasteiger charge is -2.30. The summed E-state index contributed by atoms with van der Waals surface area (Å²) >= 11 is 26.0. The monoisotopic (exact) mass is 494 g/mol. The fourth-order valence-corrected chi connectivity index (χ4v) is 4.09. The fourth-order valence-electron chi connectivity index (χ4n) is 2.23. The van der Waals surface area contributed by atoms with E-state index in [1.807, 2.05) is 35.6 Å². The van der Waals surface area contributed by atoms with E-state index >= 15 is 0 Å². The summed E-state index contributed by atoms with van der Waals surface area (Å²) in [5.41, 5.74) is 2.72. The number of hydrogen-bond donors (Lipinski definition) is 0. The molecule has 0 heterocycles. The Morgan fingerprint density at radius 2 is 0.893 bits per heavy atom. The number of allylic oxidation sites excluding steroid dienone is 2. The summed E-state index contributed by atoms with van der Waals surface area (Å²) in [6.07, 6.45) is 3.81. The molecule has 0 fully saturated rings. The third-order valence-electron chi connectivity index (χ3n) is 4.64. The van der Waals surface area contributed by atoms with Crippen LogP contribution >= 0.6 is 46.4 Å². The summed E-state index contributed by atoms with van der Waals surface area (Å²) in [6.45, 7) is 13.3. The SMILES string of the molecule is CN(N=C1C=CC(=NN(C)[Si](C)(C)C)c2c(Cl)c(Cl)c(Cl)c(Cl)c21)[Si](C)(C)C. The van der Waals surface area contributed by atoms with Crippen molar-refractivity contribution < 1.29 is 0 Å². The second kappa shape index (κ2) is 8.32. The number of halogens is 4. The predicted octanol–water partition coefficient (Wildman–Crippen LogP) is 6.81. The van der Waals surface area contributed by atoms with Crippen molar-refractivity contribution in [3.63, 3.8) is 0 Å². The first-order chi connectivity index (χ1) is 12.7. The van der Waals surface area contributed by atoms with Crippen LogP contribution in [0.1, 0.15) is 11.1 Å². The van der Waals surface area contributed by atoms with Crippen molar-refractivity contribution in [2.24, 2.45) is 10.2 Å². The minimum atomic E-state index is -1.65. The van der Waals surface area contributed by atoms with E-state index in [1.54, 1.807) is 0 Å². The predicted molar refractivity (Wildman–Crippen MR) is 131 cm³/mol. The molecule has 0 N–H and O–H groups in total. The lowest BCUT2D eigenvalue weighted by molar-refractivity contribution is 0.548. The second-order valence-corrected chi connectivity index (χ2v) is 20.2. The van der Waals surface area contributed by atoms with Crippen molar-refractivity contribution in [1.29, 1.82) is 0 Å². The van der Waals surface area contributed by atoms with Gasteiger partial charge in [0, 0.05) is 25.2 Å². The topological polar surface area (TPSA) is 31.2 Å². The molecule has 28 heavy (non-hydrogen) atoms. The van der Waals surface area contributed by atoms with Crippen LogP contribution in [0.25, 0.3) is 0 Å².